The molecule has 1 aromatic rings. The highest BCUT2D eigenvalue weighted by atomic mass is 32.1. The van der Waals surface area contributed by atoms with Crippen molar-refractivity contribution in [2.45, 2.75) is 0 Å². The number of hydrogen-bond acceptors (Lipinski definition) is 3. The van der Waals surface area contributed by atoms with E-state index in [1.165, 1.54) is 0 Å². The van der Waals surface area contributed by atoms with Crippen molar-refractivity contribution in [1.82, 2.24) is 10.6 Å². The number of benzene rings is 1. The number of para-hydroxylation sites is 1. The summed E-state index contributed by atoms with van der Waals surface area (Å²) in [5.41, 5.74) is 3.50. The molecule has 1 heterocycles. The molecule has 0 aromatic heterocycles. The van der Waals surface area contributed by atoms with Gasteiger partial charge in [0.1, 0.15) is 0 Å². The standard InChI is InChI=1S/C7H6N4S/c12-7-8-9-10-11(7)6-4-2-1-3-5-6/h1-5H,(H,8,12)/q+1. The highest BCUT2D eigenvalue weighted by Crippen LogP contribution is 2.12. The summed E-state index contributed by atoms with van der Waals surface area (Å²) < 4.78 is 0. The monoisotopic (exact) mass is 178 g/mol. The van der Waals surface area contributed by atoms with Crippen LogP contribution in [-0.4, -0.2) is 5.11 Å². The average Bonchev–Trinajstić information content (AvgIpc) is 2.53. The van der Waals surface area contributed by atoms with Gasteiger partial charge in [-0.25, -0.2) is 0 Å². The Kier molecular flexibility index (Phi) is 1.71. The predicted octanol–water partition coefficient (Wildman–Crippen LogP) is 0.999. The van der Waals surface area contributed by atoms with Gasteiger partial charge in [-0.3, -0.25) is 0 Å². The molecule has 1 aliphatic heterocycles. The Morgan fingerprint density at radius 3 is 2.67 bits per heavy atom. The molecule has 2 rings (SSSR count). The molecule has 0 unspecified atom stereocenters. The molecule has 0 amide bonds. The van der Waals surface area contributed by atoms with Crippen LogP contribution in [0.25, 0.3) is 0 Å². The topological polar surface area (TPSA) is 41.7 Å². The smallest absolute Gasteiger partial charge is 0.112 e. The minimum atomic E-state index is 0.501. The summed E-state index contributed by atoms with van der Waals surface area (Å²) >= 11 is 4.95. The van der Waals surface area contributed by atoms with Crippen molar-refractivity contribution in [2.75, 3.05) is 5.01 Å². The van der Waals surface area contributed by atoms with Gasteiger partial charge in [0.15, 0.2) is 10.4 Å². The SMILES string of the molecule is S=C1NN=[N+]N1c1ccccc1. The van der Waals surface area contributed by atoms with Crippen LogP contribution in [0.3, 0.4) is 0 Å². The fraction of sp³-hybridized carbons (Fsp3) is 0. The minimum absolute atomic E-state index is 0.501. The van der Waals surface area contributed by atoms with Gasteiger partial charge in [0.25, 0.3) is 0 Å². The second-order valence-corrected chi connectivity index (χ2v) is 2.64. The quantitative estimate of drug-likeness (QED) is 0.652. The molecular weight excluding hydrogens is 172 g/mol. The fourth-order valence-electron chi connectivity index (χ4n) is 0.936. The molecule has 5 heteroatoms. The Morgan fingerprint density at radius 1 is 1.33 bits per heavy atom. The molecule has 1 N–H and O–H groups in total. The summed E-state index contributed by atoms with van der Waals surface area (Å²) in [7, 11) is 0. The normalized spacial score (nSPS) is 15.0. The van der Waals surface area contributed by atoms with Gasteiger partial charge in [-0.15, -0.1) is 5.43 Å². The van der Waals surface area contributed by atoms with Gasteiger partial charge in [0, 0.05) is 0 Å². The third-order valence-electron chi connectivity index (χ3n) is 1.47. The zero-order valence-electron chi connectivity index (χ0n) is 6.14. The molecule has 1 aliphatic rings. The van der Waals surface area contributed by atoms with Gasteiger partial charge in [0.2, 0.25) is 0 Å². The lowest BCUT2D eigenvalue weighted by Crippen LogP contribution is -2.30. The Morgan fingerprint density at radius 2 is 2.08 bits per heavy atom. The van der Waals surface area contributed by atoms with E-state index in [-0.39, 0.29) is 0 Å². The highest BCUT2D eigenvalue weighted by Gasteiger charge is 2.25. The third-order valence-corrected chi connectivity index (χ3v) is 1.74. The van der Waals surface area contributed by atoms with E-state index in [2.05, 4.69) is 15.9 Å². The maximum atomic E-state index is 4.95. The summed E-state index contributed by atoms with van der Waals surface area (Å²) in [4.78, 5) is 0. The maximum absolute atomic E-state index is 4.95. The summed E-state index contributed by atoms with van der Waals surface area (Å²) in [5, 5.41) is 9.44. The number of thiocarbonyl (C=S) groups is 1. The van der Waals surface area contributed by atoms with Crippen LogP contribution in [0.5, 0.6) is 0 Å². The van der Waals surface area contributed by atoms with Crippen molar-refractivity contribution in [2.24, 2.45) is 5.22 Å². The second kappa shape index (κ2) is 2.86. The molecule has 59 valence electrons. The molecule has 0 aliphatic carbocycles. The van der Waals surface area contributed by atoms with E-state index in [4.69, 9.17) is 12.2 Å². The van der Waals surface area contributed by atoms with Crippen molar-refractivity contribution < 1.29 is 0 Å². The summed E-state index contributed by atoms with van der Waals surface area (Å²) in [6, 6.07) is 9.61. The number of hydrogen-bond donors (Lipinski definition) is 1. The molecule has 1 aromatic carbocycles. The van der Waals surface area contributed by atoms with Crippen molar-refractivity contribution in [3.05, 3.63) is 30.3 Å². The van der Waals surface area contributed by atoms with Gasteiger partial charge in [-0.1, -0.05) is 23.2 Å². The molecule has 12 heavy (non-hydrogen) atoms. The largest absolute Gasteiger partial charge is 0.330 e. The van der Waals surface area contributed by atoms with Gasteiger partial charge >= 0.3 is 5.11 Å². The molecule has 0 bridgehead atoms. The van der Waals surface area contributed by atoms with Gasteiger partial charge in [-0.2, -0.15) is 0 Å². The lowest BCUT2D eigenvalue weighted by atomic mass is 10.3. The predicted molar refractivity (Wildman–Crippen MR) is 49.2 cm³/mol. The first-order chi connectivity index (χ1) is 5.88. The van der Waals surface area contributed by atoms with Crippen molar-refractivity contribution >= 4 is 23.0 Å². The van der Waals surface area contributed by atoms with Gasteiger partial charge < -0.3 is 0 Å². The lowest BCUT2D eigenvalue weighted by Gasteiger charge is -2.01. The zero-order valence-corrected chi connectivity index (χ0v) is 6.95. The van der Waals surface area contributed by atoms with E-state index < -0.39 is 0 Å². The first-order valence-electron chi connectivity index (χ1n) is 3.44. The van der Waals surface area contributed by atoms with E-state index in [0.717, 1.165) is 5.69 Å². The van der Waals surface area contributed by atoms with Crippen LogP contribution < -0.4 is 15.7 Å². The Hall–Kier alpha value is -1.49. The molecule has 1 radical (unpaired) electrons. The van der Waals surface area contributed by atoms with Crippen LogP contribution in [-0.2, 0) is 0 Å². The molecule has 0 saturated carbocycles. The van der Waals surface area contributed by atoms with Crippen LogP contribution in [0.4, 0.5) is 5.69 Å². The summed E-state index contributed by atoms with van der Waals surface area (Å²) in [6.07, 6.45) is 0. The van der Waals surface area contributed by atoms with Crippen LogP contribution in [0, 0.1) is 0 Å². The lowest BCUT2D eigenvalue weighted by molar-refractivity contribution is 0.867. The van der Waals surface area contributed by atoms with E-state index in [1.807, 2.05) is 30.3 Å². The molecular formula is C7H6N4S+. The molecule has 0 saturated heterocycles. The Labute approximate surface area is 74.8 Å². The van der Waals surface area contributed by atoms with E-state index in [9.17, 15) is 0 Å². The third kappa shape index (κ3) is 1.14. The van der Waals surface area contributed by atoms with Crippen molar-refractivity contribution in [1.29, 1.82) is 0 Å². The van der Waals surface area contributed by atoms with Crippen LogP contribution in [0.2, 0.25) is 0 Å². The minimum Gasteiger partial charge on any atom is -0.112 e. The fourth-order valence-corrected chi connectivity index (χ4v) is 1.12. The van der Waals surface area contributed by atoms with Gasteiger partial charge in [0.05, 0.1) is 5.69 Å². The molecule has 0 atom stereocenters. The molecule has 4 nitrogen and oxygen atoms in total. The van der Waals surface area contributed by atoms with E-state index >= 15 is 0 Å². The van der Waals surface area contributed by atoms with Crippen LogP contribution in [0.1, 0.15) is 0 Å². The second-order valence-electron chi connectivity index (χ2n) is 2.25. The number of nitrogens with zero attached hydrogens (tertiary/aromatic N) is 3. The Balaban J connectivity index is 2.31. The molecule has 0 spiro atoms. The highest BCUT2D eigenvalue weighted by molar-refractivity contribution is 7.80. The Bertz CT molecular complexity index is 321. The zero-order chi connectivity index (χ0) is 8.39. The van der Waals surface area contributed by atoms with E-state index in [1.54, 1.807) is 5.01 Å². The van der Waals surface area contributed by atoms with Crippen molar-refractivity contribution in [3.8, 4) is 0 Å². The number of anilines is 1. The average molecular weight is 178 g/mol. The van der Waals surface area contributed by atoms with E-state index in [0.29, 0.717) is 5.11 Å². The first kappa shape index (κ1) is 7.17. The number of nitrogens with one attached hydrogen (secondary N) is 1. The summed E-state index contributed by atoms with van der Waals surface area (Å²) in [6.45, 7) is 0. The first-order valence-corrected chi connectivity index (χ1v) is 3.84. The van der Waals surface area contributed by atoms with Crippen LogP contribution in [0.15, 0.2) is 35.6 Å². The van der Waals surface area contributed by atoms with Gasteiger partial charge in [-0.05, 0) is 24.4 Å². The maximum Gasteiger partial charge on any atom is 0.330 e. The number of rotatable bonds is 1. The molecule has 0 fully saturated rings. The van der Waals surface area contributed by atoms with Crippen LogP contribution >= 0.6 is 12.2 Å². The van der Waals surface area contributed by atoms with Crippen molar-refractivity contribution in [3.63, 3.8) is 0 Å². The summed E-state index contributed by atoms with van der Waals surface area (Å²) in [5.74, 6) is 0.